The molecule has 0 saturated carbocycles. The highest BCUT2D eigenvalue weighted by Crippen LogP contribution is 2.37. The van der Waals surface area contributed by atoms with Crippen LogP contribution in [0.5, 0.6) is 0 Å². The summed E-state index contributed by atoms with van der Waals surface area (Å²) in [4.78, 5) is 26.3. The number of rotatable bonds is 5. The van der Waals surface area contributed by atoms with E-state index in [0.29, 0.717) is 17.5 Å². The Kier molecular flexibility index (Phi) is 5.59. The van der Waals surface area contributed by atoms with E-state index >= 15 is 0 Å². The third-order valence-corrected chi connectivity index (χ3v) is 4.97. The summed E-state index contributed by atoms with van der Waals surface area (Å²) in [5, 5.41) is 10.2. The van der Waals surface area contributed by atoms with E-state index in [1.54, 1.807) is 17.0 Å². The van der Waals surface area contributed by atoms with Crippen LogP contribution in [0.2, 0.25) is 5.02 Å². The number of amides is 1. The number of aliphatic carboxylic acids is 1. The molecule has 1 heterocycles. The zero-order valence-electron chi connectivity index (χ0n) is 14.8. The standard InChI is InChI=1S/C19H26ClNO3/c1-12(2)9-19(3,4)18(24)21-10-15(16(11-21)17(22)23)13-5-7-14(20)8-6-13/h5-8,12,15-16H,9-11H2,1-4H3,(H,22,23)/t15-,16+/m0/s1. The smallest absolute Gasteiger partial charge is 0.308 e. The highest BCUT2D eigenvalue weighted by Gasteiger charge is 2.43. The molecule has 132 valence electrons. The maximum atomic E-state index is 12.9. The third kappa shape index (κ3) is 4.10. The molecule has 2 atom stereocenters. The fraction of sp³-hybridized carbons (Fsp3) is 0.579. The van der Waals surface area contributed by atoms with Crippen molar-refractivity contribution in [2.75, 3.05) is 13.1 Å². The molecule has 24 heavy (non-hydrogen) atoms. The van der Waals surface area contributed by atoms with Gasteiger partial charge in [-0.3, -0.25) is 9.59 Å². The Morgan fingerprint density at radius 3 is 2.33 bits per heavy atom. The number of hydrogen-bond acceptors (Lipinski definition) is 2. The number of carboxylic acid groups (broad SMARTS) is 1. The minimum absolute atomic E-state index is 0.0407. The average Bonchev–Trinajstić information content (AvgIpc) is 2.91. The van der Waals surface area contributed by atoms with E-state index < -0.39 is 17.3 Å². The number of carbonyl (C=O) groups is 2. The summed E-state index contributed by atoms with van der Waals surface area (Å²) in [5.74, 6) is -1.18. The third-order valence-electron chi connectivity index (χ3n) is 4.72. The number of nitrogens with zero attached hydrogens (tertiary/aromatic N) is 1. The number of benzene rings is 1. The van der Waals surface area contributed by atoms with Crippen LogP contribution in [0.1, 0.15) is 45.6 Å². The molecule has 1 fully saturated rings. The minimum atomic E-state index is -0.855. The van der Waals surface area contributed by atoms with E-state index in [1.807, 2.05) is 26.0 Å². The summed E-state index contributed by atoms with van der Waals surface area (Å²) in [6.45, 7) is 8.79. The van der Waals surface area contributed by atoms with Crippen molar-refractivity contribution in [3.63, 3.8) is 0 Å². The van der Waals surface area contributed by atoms with Crippen LogP contribution in [0.25, 0.3) is 0 Å². The summed E-state index contributed by atoms with van der Waals surface area (Å²) in [7, 11) is 0. The Morgan fingerprint density at radius 2 is 1.83 bits per heavy atom. The van der Waals surface area contributed by atoms with Crippen molar-refractivity contribution < 1.29 is 14.7 Å². The van der Waals surface area contributed by atoms with Gasteiger partial charge in [0.1, 0.15) is 0 Å². The summed E-state index contributed by atoms with van der Waals surface area (Å²) in [6.07, 6.45) is 0.783. The van der Waals surface area contributed by atoms with Crippen LogP contribution in [0.3, 0.4) is 0 Å². The van der Waals surface area contributed by atoms with Gasteiger partial charge >= 0.3 is 5.97 Å². The van der Waals surface area contributed by atoms with Crippen LogP contribution in [-0.4, -0.2) is 35.0 Å². The van der Waals surface area contributed by atoms with Gasteiger partial charge in [0.05, 0.1) is 5.92 Å². The fourth-order valence-corrected chi connectivity index (χ4v) is 3.93. The molecule has 0 aliphatic carbocycles. The molecule has 0 aromatic heterocycles. The Morgan fingerprint density at radius 1 is 1.25 bits per heavy atom. The first-order valence-electron chi connectivity index (χ1n) is 8.39. The van der Waals surface area contributed by atoms with E-state index in [4.69, 9.17) is 11.6 Å². The molecular weight excluding hydrogens is 326 g/mol. The van der Waals surface area contributed by atoms with Crippen molar-refractivity contribution >= 4 is 23.5 Å². The SMILES string of the molecule is CC(C)CC(C)(C)C(=O)N1C[C@@H](C(=O)O)[C@H](c2ccc(Cl)cc2)C1. The molecule has 1 N–H and O–H groups in total. The Labute approximate surface area is 148 Å². The van der Waals surface area contributed by atoms with Gasteiger partial charge in [-0.05, 0) is 30.0 Å². The molecule has 1 aliphatic heterocycles. The number of halogens is 1. The van der Waals surface area contributed by atoms with Gasteiger partial charge in [-0.2, -0.15) is 0 Å². The van der Waals surface area contributed by atoms with Crippen molar-refractivity contribution in [2.45, 2.75) is 40.0 Å². The van der Waals surface area contributed by atoms with Crippen molar-refractivity contribution in [3.05, 3.63) is 34.9 Å². The Balaban J connectivity index is 2.22. The van der Waals surface area contributed by atoms with Crippen LogP contribution in [0.15, 0.2) is 24.3 Å². The lowest BCUT2D eigenvalue weighted by atomic mass is 9.82. The van der Waals surface area contributed by atoms with Crippen molar-refractivity contribution in [3.8, 4) is 0 Å². The molecule has 0 bridgehead atoms. The monoisotopic (exact) mass is 351 g/mol. The first-order chi connectivity index (χ1) is 11.1. The van der Waals surface area contributed by atoms with Gasteiger partial charge in [-0.1, -0.05) is 51.4 Å². The number of carboxylic acids is 1. The maximum absolute atomic E-state index is 12.9. The molecule has 0 radical (unpaired) electrons. The first-order valence-corrected chi connectivity index (χ1v) is 8.77. The van der Waals surface area contributed by atoms with Gasteiger partial charge in [0, 0.05) is 29.4 Å². The van der Waals surface area contributed by atoms with Crippen LogP contribution < -0.4 is 0 Å². The Hall–Kier alpha value is -1.55. The van der Waals surface area contributed by atoms with Crippen molar-refractivity contribution in [1.82, 2.24) is 4.90 Å². The predicted octanol–water partition coefficient (Wildman–Crippen LogP) is 4.04. The average molecular weight is 352 g/mol. The van der Waals surface area contributed by atoms with Gasteiger partial charge in [0.15, 0.2) is 0 Å². The molecule has 1 aliphatic rings. The second-order valence-corrected chi connectivity index (χ2v) is 8.23. The van der Waals surface area contributed by atoms with Crippen molar-refractivity contribution in [2.24, 2.45) is 17.3 Å². The van der Waals surface area contributed by atoms with E-state index in [2.05, 4.69) is 13.8 Å². The largest absolute Gasteiger partial charge is 0.481 e. The molecule has 0 spiro atoms. The lowest BCUT2D eigenvalue weighted by Crippen LogP contribution is -2.40. The lowest BCUT2D eigenvalue weighted by molar-refractivity contribution is -0.143. The van der Waals surface area contributed by atoms with Crippen molar-refractivity contribution in [1.29, 1.82) is 0 Å². The van der Waals surface area contributed by atoms with Crippen LogP contribution in [0.4, 0.5) is 0 Å². The predicted molar refractivity (Wildman–Crippen MR) is 95.1 cm³/mol. The molecule has 4 nitrogen and oxygen atoms in total. The summed E-state index contributed by atoms with van der Waals surface area (Å²) >= 11 is 5.92. The summed E-state index contributed by atoms with van der Waals surface area (Å²) < 4.78 is 0. The van der Waals surface area contributed by atoms with Crippen LogP contribution in [0, 0.1) is 17.3 Å². The maximum Gasteiger partial charge on any atom is 0.308 e. The van der Waals surface area contributed by atoms with E-state index in [0.717, 1.165) is 12.0 Å². The van der Waals surface area contributed by atoms with E-state index in [-0.39, 0.29) is 18.4 Å². The highest BCUT2D eigenvalue weighted by molar-refractivity contribution is 6.30. The highest BCUT2D eigenvalue weighted by atomic mass is 35.5. The van der Waals surface area contributed by atoms with Gasteiger partial charge in [0.25, 0.3) is 0 Å². The molecule has 1 aromatic rings. The molecule has 1 saturated heterocycles. The summed E-state index contributed by atoms with van der Waals surface area (Å²) in [6, 6.07) is 7.25. The molecule has 1 amide bonds. The second kappa shape index (κ2) is 7.14. The normalized spacial score (nSPS) is 21.3. The van der Waals surface area contributed by atoms with E-state index in [9.17, 15) is 14.7 Å². The van der Waals surface area contributed by atoms with Gasteiger partial charge in [-0.25, -0.2) is 0 Å². The molecule has 1 aromatic carbocycles. The fourth-order valence-electron chi connectivity index (χ4n) is 3.80. The van der Waals surface area contributed by atoms with Gasteiger partial charge in [0.2, 0.25) is 5.91 Å². The number of likely N-dealkylation sites (tertiary alicyclic amines) is 1. The second-order valence-electron chi connectivity index (χ2n) is 7.79. The molecule has 2 rings (SSSR count). The van der Waals surface area contributed by atoms with E-state index in [1.165, 1.54) is 0 Å². The topological polar surface area (TPSA) is 57.6 Å². The van der Waals surface area contributed by atoms with Crippen LogP contribution in [-0.2, 0) is 9.59 Å². The van der Waals surface area contributed by atoms with Crippen LogP contribution >= 0.6 is 11.6 Å². The quantitative estimate of drug-likeness (QED) is 0.871. The lowest BCUT2D eigenvalue weighted by Gasteiger charge is -2.30. The zero-order valence-corrected chi connectivity index (χ0v) is 15.5. The molecule has 5 heteroatoms. The first kappa shape index (κ1) is 18.8. The van der Waals surface area contributed by atoms with Gasteiger partial charge in [-0.15, -0.1) is 0 Å². The van der Waals surface area contributed by atoms with Gasteiger partial charge < -0.3 is 10.0 Å². The minimum Gasteiger partial charge on any atom is -0.481 e. The molecule has 0 unspecified atom stereocenters. The summed E-state index contributed by atoms with van der Waals surface area (Å²) in [5.41, 5.74) is 0.440. The number of carbonyl (C=O) groups excluding carboxylic acids is 1. The molecular formula is C19H26ClNO3. The zero-order chi connectivity index (χ0) is 18.1. The number of hydrogen-bond donors (Lipinski definition) is 1. The Bertz CT molecular complexity index is 610.